The third-order valence-corrected chi connectivity index (χ3v) is 7.69. The van der Waals surface area contributed by atoms with E-state index in [1.54, 1.807) is 24.7 Å². The van der Waals surface area contributed by atoms with Crippen LogP contribution in [0, 0.1) is 28.9 Å². The van der Waals surface area contributed by atoms with Crippen LogP contribution in [-0.4, -0.2) is 64.6 Å². The summed E-state index contributed by atoms with van der Waals surface area (Å²) >= 11 is 0. The molecular formula is C29H29F3N8O2. The Morgan fingerprint density at radius 3 is 2.67 bits per heavy atom. The van der Waals surface area contributed by atoms with E-state index in [9.17, 15) is 4.39 Å². The van der Waals surface area contributed by atoms with Crippen molar-refractivity contribution >= 4 is 22.8 Å². The van der Waals surface area contributed by atoms with Gasteiger partial charge in [-0.15, -0.1) is 0 Å². The normalized spacial score (nSPS) is 21.6. The highest BCUT2D eigenvalue weighted by Gasteiger charge is 2.42. The van der Waals surface area contributed by atoms with Crippen molar-refractivity contribution in [1.82, 2.24) is 19.6 Å². The van der Waals surface area contributed by atoms with Gasteiger partial charge in [-0.2, -0.15) is 14.9 Å². The fourth-order valence-corrected chi connectivity index (χ4v) is 5.54. The lowest BCUT2D eigenvalue weighted by Gasteiger charge is -2.42. The molecule has 0 aliphatic carbocycles. The van der Waals surface area contributed by atoms with Crippen molar-refractivity contribution in [1.29, 1.82) is 5.26 Å². The van der Waals surface area contributed by atoms with Gasteiger partial charge in [0.2, 0.25) is 5.95 Å². The average Bonchev–Trinajstić information content (AvgIpc) is 3.35. The van der Waals surface area contributed by atoms with Crippen LogP contribution in [0.1, 0.15) is 18.9 Å². The van der Waals surface area contributed by atoms with Crippen LogP contribution in [0.2, 0.25) is 0 Å². The molecule has 1 aromatic carbocycles. The molecule has 0 amide bonds. The summed E-state index contributed by atoms with van der Waals surface area (Å²) in [6.07, 6.45) is 5.06. The van der Waals surface area contributed by atoms with Gasteiger partial charge in [0.25, 0.3) is 0 Å². The number of aromatic nitrogens is 4. The number of alkyl halides is 1. The highest BCUT2D eigenvalue weighted by Crippen LogP contribution is 2.37. The molecule has 0 radical (unpaired) electrons. The van der Waals surface area contributed by atoms with Gasteiger partial charge in [0.05, 0.1) is 79.0 Å². The van der Waals surface area contributed by atoms with Gasteiger partial charge >= 0.3 is 0 Å². The Balaban J connectivity index is 1.27. The van der Waals surface area contributed by atoms with E-state index in [1.807, 2.05) is 6.07 Å². The number of rotatable bonds is 8. The Bertz CT molecular complexity index is 1620. The van der Waals surface area contributed by atoms with E-state index in [0.29, 0.717) is 43.3 Å². The number of piperidine rings is 1. The summed E-state index contributed by atoms with van der Waals surface area (Å²) in [5.41, 5.74) is 6.19. The van der Waals surface area contributed by atoms with Crippen LogP contribution in [0.4, 0.5) is 30.5 Å². The second-order valence-corrected chi connectivity index (χ2v) is 10.7. The predicted molar refractivity (Wildman–Crippen MR) is 149 cm³/mol. The van der Waals surface area contributed by atoms with Crippen LogP contribution in [0.15, 0.2) is 48.9 Å². The SMILES string of the molecule is CC1CN(c2ccncc2Nc2ncc3ccc(-c4c(F)cc(C5(F)COC5)cc4F)nn23)CC(N)C1OCCC#N. The van der Waals surface area contributed by atoms with Crippen molar-refractivity contribution in [2.24, 2.45) is 11.7 Å². The summed E-state index contributed by atoms with van der Waals surface area (Å²) in [6.45, 7) is 3.10. The van der Waals surface area contributed by atoms with E-state index in [-0.39, 0.29) is 48.1 Å². The molecule has 3 aromatic heterocycles. The van der Waals surface area contributed by atoms with Crippen molar-refractivity contribution in [2.45, 2.75) is 31.2 Å². The molecule has 5 heterocycles. The molecule has 2 aliphatic heterocycles. The Labute approximate surface area is 239 Å². The summed E-state index contributed by atoms with van der Waals surface area (Å²) in [5.74, 6) is -1.43. The molecule has 13 heteroatoms. The summed E-state index contributed by atoms with van der Waals surface area (Å²) in [7, 11) is 0. The zero-order chi connectivity index (χ0) is 29.4. The maximum atomic E-state index is 15.1. The highest BCUT2D eigenvalue weighted by molar-refractivity contribution is 5.74. The number of ether oxygens (including phenoxy) is 2. The van der Waals surface area contributed by atoms with Crippen LogP contribution >= 0.6 is 0 Å². The lowest BCUT2D eigenvalue weighted by atomic mass is 9.92. The molecule has 4 aromatic rings. The van der Waals surface area contributed by atoms with E-state index in [0.717, 1.165) is 17.8 Å². The number of nitrogens with zero attached hydrogens (tertiary/aromatic N) is 6. The number of halogens is 3. The third-order valence-electron chi connectivity index (χ3n) is 7.69. The zero-order valence-corrected chi connectivity index (χ0v) is 22.8. The first kappa shape index (κ1) is 27.9. The Morgan fingerprint density at radius 1 is 1.19 bits per heavy atom. The number of nitrogens with one attached hydrogen (secondary N) is 1. The van der Waals surface area contributed by atoms with Crippen LogP contribution in [-0.2, 0) is 15.1 Å². The molecule has 2 saturated heterocycles. The first-order chi connectivity index (χ1) is 20.3. The van der Waals surface area contributed by atoms with E-state index >= 15 is 8.78 Å². The molecular weight excluding hydrogens is 549 g/mol. The number of nitrogens with two attached hydrogens (primary N) is 1. The number of pyridine rings is 1. The maximum Gasteiger partial charge on any atom is 0.229 e. The van der Waals surface area contributed by atoms with Crippen molar-refractivity contribution in [3.05, 3.63) is 66.1 Å². The van der Waals surface area contributed by atoms with Gasteiger partial charge in [-0.1, -0.05) is 6.92 Å². The van der Waals surface area contributed by atoms with Gasteiger partial charge in [-0.05, 0) is 35.9 Å². The van der Waals surface area contributed by atoms with Gasteiger partial charge in [-0.3, -0.25) is 4.98 Å². The Hall–Kier alpha value is -4.25. The molecule has 0 saturated carbocycles. The highest BCUT2D eigenvalue weighted by atomic mass is 19.1. The second kappa shape index (κ2) is 11.2. The first-order valence-electron chi connectivity index (χ1n) is 13.6. The van der Waals surface area contributed by atoms with Crippen molar-refractivity contribution in [3.8, 4) is 17.3 Å². The summed E-state index contributed by atoms with van der Waals surface area (Å²) in [6, 6.07) is 8.79. The van der Waals surface area contributed by atoms with E-state index < -0.39 is 17.3 Å². The van der Waals surface area contributed by atoms with Gasteiger partial charge in [-0.25, -0.2) is 18.2 Å². The number of nitriles is 1. The van der Waals surface area contributed by atoms with Crippen molar-refractivity contribution in [2.75, 3.05) is 43.1 Å². The zero-order valence-electron chi connectivity index (χ0n) is 22.8. The first-order valence-corrected chi connectivity index (χ1v) is 13.6. The number of benzene rings is 1. The van der Waals surface area contributed by atoms with Crippen LogP contribution in [0.3, 0.4) is 0 Å². The number of anilines is 3. The lowest BCUT2D eigenvalue weighted by Crippen LogP contribution is -2.56. The van der Waals surface area contributed by atoms with Gasteiger partial charge < -0.3 is 25.4 Å². The van der Waals surface area contributed by atoms with Crippen LogP contribution < -0.4 is 16.0 Å². The molecule has 2 fully saturated rings. The lowest BCUT2D eigenvalue weighted by molar-refractivity contribution is -0.135. The second-order valence-electron chi connectivity index (χ2n) is 10.7. The summed E-state index contributed by atoms with van der Waals surface area (Å²) < 4.78 is 57.2. The number of hydrogen-bond donors (Lipinski definition) is 2. The van der Waals surface area contributed by atoms with Crippen LogP contribution in [0.5, 0.6) is 0 Å². The molecule has 10 nitrogen and oxygen atoms in total. The fourth-order valence-electron chi connectivity index (χ4n) is 5.54. The molecule has 3 N–H and O–H groups in total. The third kappa shape index (κ3) is 5.13. The van der Waals surface area contributed by atoms with Gasteiger partial charge in [0.15, 0.2) is 5.67 Å². The molecule has 3 unspecified atom stereocenters. The molecule has 0 bridgehead atoms. The number of hydrogen-bond acceptors (Lipinski definition) is 9. The Morgan fingerprint density at radius 2 is 1.98 bits per heavy atom. The average molecular weight is 579 g/mol. The summed E-state index contributed by atoms with van der Waals surface area (Å²) in [4.78, 5) is 10.8. The minimum absolute atomic E-state index is 0.0209. The fraction of sp³-hybridized carbons (Fsp3) is 0.379. The molecule has 218 valence electrons. The number of imidazole rings is 1. The maximum absolute atomic E-state index is 15.1. The minimum atomic E-state index is -1.90. The van der Waals surface area contributed by atoms with Crippen molar-refractivity contribution in [3.63, 3.8) is 0 Å². The standard InChI is InChI=1S/C29H29F3N8O2/c1-17-13-39(14-22(34)27(17)42-8-2-6-33)25-5-7-35-12-24(25)37-28-36-11-19-3-4-23(38-40(19)28)26-20(30)9-18(10-21(26)31)29(32)15-41-16-29/h3-5,7,9-12,17,22,27H,2,8,13-16,34H2,1H3,(H,36,37). The van der Waals surface area contributed by atoms with Gasteiger partial charge in [0, 0.05) is 31.2 Å². The topological polar surface area (TPSA) is 127 Å². The quantitative estimate of drug-likeness (QED) is 0.297. The smallest absolute Gasteiger partial charge is 0.229 e. The molecule has 42 heavy (non-hydrogen) atoms. The molecule has 6 rings (SSSR count). The van der Waals surface area contributed by atoms with E-state index in [2.05, 4.69) is 38.3 Å². The van der Waals surface area contributed by atoms with Gasteiger partial charge in [0.1, 0.15) is 11.6 Å². The monoisotopic (exact) mass is 578 g/mol. The predicted octanol–water partition coefficient (Wildman–Crippen LogP) is 4.09. The molecule has 2 aliphatic rings. The molecule has 3 atom stereocenters. The molecule has 0 spiro atoms. The van der Waals surface area contributed by atoms with Crippen LogP contribution in [0.25, 0.3) is 16.8 Å². The van der Waals surface area contributed by atoms with E-state index in [4.69, 9.17) is 20.5 Å². The van der Waals surface area contributed by atoms with Crippen molar-refractivity contribution < 1.29 is 22.6 Å². The Kier molecular flexibility index (Phi) is 7.44. The van der Waals surface area contributed by atoms with E-state index in [1.165, 1.54) is 10.6 Å². The minimum Gasteiger partial charge on any atom is -0.375 e. The summed E-state index contributed by atoms with van der Waals surface area (Å²) in [5, 5.41) is 16.5. The largest absolute Gasteiger partial charge is 0.375 e. The number of fused-ring (bicyclic) bond motifs is 1.